The lowest BCUT2D eigenvalue weighted by molar-refractivity contribution is 0.102. The van der Waals surface area contributed by atoms with Crippen LogP contribution in [0, 0.1) is 5.82 Å². The van der Waals surface area contributed by atoms with Crippen LogP contribution in [0.4, 0.5) is 9.39 Å². The van der Waals surface area contributed by atoms with E-state index in [-0.39, 0.29) is 9.77 Å². The van der Waals surface area contributed by atoms with Crippen molar-refractivity contribution in [1.29, 1.82) is 0 Å². The zero-order valence-corrected chi connectivity index (χ0v) is 15.5. The maximum atomic E-state index is 13.6. The third-order valence-corrected chi connectivity index (χ3v) is 6.75. The molecule has 0 atom stereocenters. The predicted molar refractivity (Wildman–Crippen MR) is 95.0 cm³/mol. The number of carbonyl (C=O) groups excluding carboxylic acids is 1. The van der Waals surface area contributed by atoms with Gasteiger partial charge in [-0.05, 0) is 30.7 Å². The first-order valence-corrected chi connectivity index (χ1v) is 9.73. The molecule has 9 heteroatoms. The van der Waals surface area contributed by atoms with Gasteiger partial charge in [0.1, 0.15) is 10.0 Å². The minimum absolute atomic E-state index is 0.100. The molecule has 1 aromatic heterocycles. The first-order chi connectivity index (χ1) is 11.9. The van der Waals surface area contributed by atoms with E-state index < -0.39 is 21.7 Å². The Balaban J connectivity index is 2.09. The number of nitrogens with zero attached hydrogens (tertiary/aromatic N) is 1. The Kier molecular flexibility index (Phi) is 6.65. The Morgan fingerprint density at radius 1 is 1.28 bits per heavy atom. The molecular weight excluding hydrogens is 367 g/mol. The number of hydrogen-bond acceptors (Lipinski definition) is 5. The number of nitrogens with one attached hydrogen (secondary N) is 1. The van der Waals surface area contributed by atoms with Gasteiger partial charge in [-0.2, -0.15) is 0 Å². The second-order valence-electron chi connectivity index (χ2n) is 5.23. The van der Waals surface area contributed by atoms with Crippen LogP contribution in [0.5, 0.6) is 0 Å². The van der Waals surface area contributed by atoms with E-state index in [1.807, 2.05) is 0 Å². The third kappa shape index (κ3) is 4.85. The molecule has 136 valence electrons. The molecular formula is C16H19FN2O4S2. The van der Waals surface area contributed by atoms with Crippen LogP contribution in [0.15, 0.2) is 40.6 Å². The van der Waals surface area contributed by atoms with Gasteiger partial charge in [0.25, 0.3) is 15.9 Å². The molecule has 1 N–H and O–H groups in total. The average Bonchev–Trinajstić information content (AvgIpc) is 3.04. The number of anilines is 1. The highest BCUT2D eigenvalue weighted by atomic mass is 32.2. The van der Waals surface area contributed by atoms with Gasteiger partial charge < -0.3 is 10.1 Å². The van der Waals surface area contributed by atoms with E-state index in [0.717, 1.165) is 11.3 Å². The summed E-state index contributed by atoms with van der Waals surface area (Å²) in [4.78, 5) is 12.1. The van der Waals surface area contributed by atoms with Crippen molar-refractivity contribution in [3.8, 4) is 0 Å². The van der Waals surface area contributed by atoms with Crippen LogP contribution in [0.3, 0.4) is 0 Å². The van der Waals surface area contributed by atoms with Gasteiger partial charge in [0, 0.05) is 27.3 Å². The topological polar surface area (TPSA) is 75.7 Å². The van der Waals surface area contributed by atoms with Crippen LogP contribution >= 0.6 is 11.3 Å². The van der Waals surface area contributed by atoms with Crippen molar-refractivity contribution in [2.24, 2.45) is 0 Å². The monoisotopic (exact) mass is 386 g/mol. The maximum absolute atomic E-state index is 13.6. The molecule has 0 saturated heterocycles. The largest absolute Gasteiger partial charge is 0.385 e. The lowest BCUT2D eigenvalue weighted by Gasteiger charge is -2.15. The predicted octanol–water partition coefficient (Wildman–Crippen LogP) is 2.80. The number of methoxy groups -OCH3 is 1. The molecule has 0 unspecified atom stereocenters. The van der Waals surface area contributed by atoms with Crippen LogP contribution in [0.25, 0.3) is 0 Å². The molecule has 25 heavy (non-hydrogen) atoms. The molecule has 6 nitrogen and oxygen atoms in total. The van der Waals surface area contributed by atoms with Crippen molar-refractivity contribution in [3.63, 3.8) is 0 Å². The minimum Gasteiger partial charge on any atom is -0.385 e. The Labute approximate surface area is 150 Å². The van der Waals surface area contributed by atoms with Crippen molar-refractivity contribution in [2.75, 3.05) is 32.6 Å². The lowest BCUT2D eigenvalue weighted by atomic mass is 10.2. The number of carbonyl (C=O) groups is 1. The van der Waals surface area contributed by atoms with Gasteiger partial charge in [-0.1, -0.05) is 12.1 Å². The Bertz CT molecular complexity index is 836. The Morgan fingerprint density at radius 2 is 2.00 bits per heavy atom. The second kappa shape index (κ2) is 8.52. The van der Waals surface area contributed by atoms with Gasteiger partial charge >= 0.3 is 0 Å². The molecule has 2 aromatic rings. The van der Waals surface area contributed by atoms with Crippen molar-refractivity contribution in [3.05, 3.63) is 47.8 Å². The fourth-order valence-corrected chi connectivity index (χ4v) is 4.68. The molecule has 1 aromatic carbocycles. The molecule has 1 amide bonds. The molecule has 0 aliphatic heterocycles. The van der Waals surface area contributed by atoms with Gasteiger partial charge in [-0.3, -0.25) is 4.79 Å². The van der Waals surface area contributed by atoms with Crippen LogP contribution in [0.1, 0.15) is 16.8 Å². The van der Waals surface area contributed by atoms with E-state index in [2.05, 4.69) is 5.32 Å². The summed E-state index contributed by atoms with van der Waals surface area (Å²) >= 11 is 0.921. The van der Waals surface area contributed by atoms with Crippen molar-refractivity contribution >= 4 is 32.3 Å². The second-order valence-corrected chi connectivity index (χ2v) is 8.58. The molecule has 1 heterocycles. The van der Waals surface area contributed by atoms with Gasteiger partial charge in [-0.25, -0.2) is 17.1 Å². The molecule has 0 aliphatic rings. The summed E-state index contributed by atoms with van der Waals surface area (Å²) in [6, 6.07) is 8.50. The number of sulfonamides is 1. The highest BCUT2D eigenvalue weighted by Crippen LogP contribution is 2.28. The van der Waals surface area contributed by atoms with E-state index in [9.17, 15) is 17.6 Å². The fourth-order valence-electron chi connectivity index (χ4n) is 2.06. The Morgan fingerprint density at radius 3 is 2.68 bits per heavy atom. The van der Waals surface area contributed by atoms with Crippen molar-refractivity contribution < 1.29 is 22.3 Å². The average molecular weight is 386 g/mol. The summed E-state index contributed by atoms with van der Waals surface area (Å²) in [5.41, 5.74) is -0.100. The summed E-state index contributed by atoms with van der Waals surface area (Å²) in [7, 11) is -0.594. The number of thiophene rings is 1. The van der Waals surface area contributed by atoms with Crippen molar-refractivity contribution in [2.45, 2.75) is 10.6 Å². The first kappa shape index (κ1) is 19.5. The number of ether oxygens (including phenoxy) is 1. The van der Waals surface area contributed by atoms with Crippen LogP contribution in [-0.4, -0.2) is 45.9 Å². The number of amides is 1. The van der Waals surface area contributed by atoms with E-state index in [1.54, 1.807) is 13.2 Å². The summed E-state index contributed by atoms with van der Waals surface area (Å²) in [6.07, 6.45) is 0.578. The number of rotatable bonds is 8. The van der Waals surface area contributed by atoms with Gasteiger partial charge in [0.05, 0.1) is 10.6 Å². The Hall–Kier alpha value is -1.81. The number of benzene rings is 1. The maximum Gasteiger partial charge on any atom is 0.259 e. The van der Waals surface area contributed by atoms with Gasteiger partial charge in [0.2, 0.25) is 0 Å². The smallest absolute Gasteiger partial charge is 0.259 e. The van der Waals surface area contributed by atoms with E-state index in [4.69, 9.17) is 4.74 Å². The quantitative estimate of drug-likeness (QED) is 0.708. The zero-order valence-electron chi connectivity index (χ0n) is 13.9. The first-order valence-electron chi connectivity index (χ1n) is 7.47. The standard InChI is InChI=1S/C16H19FN2O4S2/c1-19(10-5-11-23-2)25(21,22)15-9-8-14(24-15)18-16(20)12-6-3-4-7-13(12)17/h3-4,6-9H,5,10-11H2,1-2H3,(H,18,20). The van der Waals surface area contributed by atoms with Gasteiger partial charge in [0.15, 0.2) is 0 Å². The lowest BCUT2D eigenvalue weighted by Crippen LogP contribution is -2.27. The highest BCUT2D eigenvalue weighted by Gasteiger charge is 2.23. The summed E-state index contributed by atoms with van der Waals surface area (Å²) in [5, 5.41) is 2.85. The molecule has 0 bridgehead atoms. The molecule has 0 fully saturated rings. The summed E-state index contributed by atoms with van der Waals surface area (Å²) in [6.45, 7) is 0.791. The number of hydrogen-bond donors (Lipinski definition) is 1. The van der Waals surface area contributed by atoms with Crippen LogP contribution < -0.4 is 5.32 Å². The molecule has 0 spiro atoms. The summed E-state index contributed by atoms with van der Waals surface area (Å²) in [5.74, 6) is -1.26. The highest BCUT2D eigenvalue weighted by molar-refractivity contribution is 7.91. The zero-order chi connectivity index (χ0) is 18.4. The number of halogens is 1. The van der Waals surface area contributed by atoms with Crippen LogP contribution in [0.2, 0.25) is 0 Å². The van der Waals surface area contributed by atoms with E-state index in [1.165, 1.54) is 41.7 Å². The molecule has 0 radical (unpaired) electrons. The van der Waals surface area contributed by atoms with E-state index >= 15 is 0 Å². The third-order valence-electron chi connectivity index (χ3n) is 3.42. The van der Waals surface area contributed by atoms with Crippen LogP contribution in [-0.2, 0) is 14.8 Å². The normalized spacial score (nSPS) is 11.7. The molecule has 0 saturated carbocycles. The van der Waals surface area contributed by atoms with E-state index in [0.29, 0.717) is 24.6 Å². The molecule has 0 aliphatic carbocycles. The van der Waals surface area contributed by atoms with Crippen molar-refractivity contribution in [1.82, 2.24) is 4.31 Å². The summed E-state index contributed by atoms with van der Waals surface area (Å²) < 4.78 is 44.8. The fraction of sp³-hybridized carbons (Fsp3) is 0.312. The SMILES string of the molecule is COCCCN(C)S(=O)(=O)c1ccc(NC(=O)c2ccccc2F)s1. The van der Waals surface area contributed by atoms with Gasteiger partial charge in [-0.15, -0.1) is 11.3 Å². The minimum atomic E-state index is -3.64. The molecule has 2 rings (SSSR count).